The summed E-state index contributed by atoms with van der Waals surface area (Å²) in [5.74, 6) is 0. The van der Waals surface area contributed by atoms with Crippen molar-refractivity contribution in [2.45, 2.75) is 37.8 Å². The minimum Gasteiger partial charge on any atom is -0.253 e. The summed E-state index contributed by atoms with van der Waals surface area (Å²) in [6.07, 6.45) is 4.25. The van der Waals surface area contributed by atoms with Crippen molar-refractivity contribution in [3.8, 4) is 0 Å². The molecule has 0 amide bonds. The predicted octanol–water partition coefficient (Wildman–Crippen LogP) is 0.863. The summed E-state index contributed by atoms with van der Waals surface area (Å²) in [7, 11) is 0. The number of nitrogens with one attached hydrogen (secondary N) is 2. The summed E-state index contributed by atoms with van der Waals surface area (Å²) >= 11 is 0. The summed E-state index contributed by atoms with van der Waals surface area (Å²) in [6.45, 7) is 0. The Morgan fingerprint density at radius 1 is 0.875 bits per heavy atom. The first-order chi connectivity index (χ1) is 3.80. The molecule has 1 fully saturated rings. The highest BCUT2D eigenvalue weighted by Crippen LogP contribution is 2.16. The number of hydrogen-bond donors (Lipinski definition) is 0. The van der Waals surface area contributed by atoms with E-state index in [-0.39, 0.29) is 12.1 Å². The highest BCUT2D eigenvalue weighted by molar-refractivity contribution is 4.78. The molecule has 0 aromatic carbocycles. The van der Waals surface area contributed by atoms with E-state index in [1.165, 1.54) is 12.8 Å². The van der Waals surface area contributed by atoms with Crippen LogP contribution in [0.1, 0.15) is 25.7 Å². The summed E-state index contributed by atoms with van der Waals surface area (Å²) < 4.78 is 0. The van der Waals surface area contributed by atoms with Crippen molar-refractivity contribution in [1.82, 2.24) is 11.5 Å². The van der Waals surface area contributed by atoms with Crippen molar-refractivity contribution in [3.05, 3.63) is 0 Å². The first-order valence-electron chi connectivity index (χ1n) is 3.23. The molecular weight excluding hydrogens is 100 g/mol. The molecule has 0 unspecified atom stereocenters. The lowest BCUT2D eigenvalue weighted by Gasteiger charge is -2.22. The highest BCUT2D eigenvalue weighted by atomic mass is 14.8. The van der Waals surface area contributed by atoms with Gasteiger partial charge in [-0.05, 0) is 12.8 Å². The Bertz CT molecular complexity index is 62.9. The molecule has 0 aromatic rings. The number of hydrogen-bond acceptors (Lipinski definition) is 0. The Morgan fingerprint density at radius 2 is 1.25 bits per heavy atom. The second kappa shape index (κ2) is 2.46. The van der Waals surface area contributed by atoms with Crippen LogP contribution in [-0.2, 0) is 0 Å². The second-order valence-corrected chi connectivity index (χ2v) is 2.50. The van der Waals surface area contributed by atoms with Crippen LogP contribution in [0.15, 0.2) is 0 Å². The fraction of sp³-hybridized carbons (Fsp3) is 1.00. The zero-order valence-corrected chi connectivity index (χ0v) is 4.98. The molecule has 2 heteroatoms. The van der Waals surface area contributed by atoms with Gasteiger partial charge >= 0.3 is 0 Å². The van der Waals surface area contributed by atoms with Gasteiger partial charge in [-0.3, -0.25) is 11.5 Å². The fourth-order valence-electron chi connectivity index (χ4n) is 1.13. The normalized spacial score (nSPS) is 39.8. The Labute approximate surface area is 50.2 Å². The quantitative estimate of drug-likeness (QED) is 0.446. The first kappa shape index (κ1) is 6.05. The van der Waals surface area contributed by atoms with Crippen molar-refractivity contribution < 1.29 is 0 Å². The van der Waals surface area contributed by atoms with E-state index in [9.17, 15) is 0 Å². The zero-order chi connectivity index (χ0) is 5.98. The molecule has 0 spiro atoms. The van der Waals surface area contributed by atoms with E-state index in [0.29, 0.717) is 0 Å². The van der Waals surface area contributed by atoms with Gasteiger partial charge in [0.2, 0.25) is 0 Å². The maximum absolute atomic E-state index is 7.29. The van der Waals surface area contributed by atoms with E-state index in [1.807, 2.05) is 0 Å². The second-order valence-electron chi connectivity index (χ2n) is 2.50. The average molecular weight is 112 g/mol. The van der Waals surface area contributed by atoms with E-state index in [0.717, 1.165) is 12.8 Å². The molecule has 2 radical (unpaired) electrons. The standard InChI is InChI=1S/C6H12N2/c7-5-3-1-2-4-6(5)8/h5-8H,1-4H2/t5-,6-/m1/s1. The maximum atomic E-state index is 7.29. The van der Waals surface area contributed by atoms with Crippen LogP contribution in [0.3, 0.4) is 0 Å². The molecule has 2 nitrogen and oxygen atoms in total. The molecule has 2 N–H and O–H groups in total. The molecule has 1 aliphatic carbocycles. The van der Waals surface area contributed by atoms with Crippen LogP contribution in [0.4, 0.5) is 0 Å². The predicted molar refractivity (Wildman–Crippen MR) is 32.2 cm³/mol. The van der Waals surface area contributed by atoms with Gasteiger partial charge in [-0.15, -0.1) is 0 Å². The fourth-order valence-corrected chi connectivity index (χ4v) is 1.13. The van der Waals surface area contributed by atoms with Crippen molar-refractivity contribution in [2.24, 2.45) is 0 Å². The first-order valence-corrected chi connectivity index (χ1v) is 3.23. The van der Waals surface area contributed by atoms with Crippen molar-refractivity contribution in [2.75, 3.05) is 0 Å². The highest BCUT2D eigenvalue weighted by Gasteiger charge is 2.18. The molecule has 8 heavy (non-hydrogen) atoms. The SMILES string of the molecule is [NH][C@@H]1CCCC[C@H]1[NH]. The monoisotopic (exact) mass is 112 g/mol. The molecule has 0 aromatic heterocycles. The van der Waals surface area contributed by atoms with Crippen molar-refractivity contribution in [1.29, 1.82) is 0 Å². The average Bonchev–Trinajstić information content (AvgIpc) is 1.77. The molecule has 2 atom stereocenters. The van der Waals surface area contributed by atoms with Gasteiger partial charge in [0.25, 0.3) is 0 Å². The number of rotatable bonds is 0. The molecular formula is C6H12N2. The van der Waals surface area contributed by atoms with E-state index in [2.05, 4.69) is 0 Å². The minimum absolute atomic E-state index is 0.0799. The molecule has 1 aliphatic rings. The van der Waals surface area contributed by atoms with Gasteiger partial charge in [-0.25, -0.2) is 0 Å². The molecule has 0 heterocycles. The van der Waals surface area contributed by atoms with Gasteiger partial charge in [0.1, 0.15) is 0 Å². The van der Waals surface area contributed by atoms with Gasteiger partial charge in [0.15, 0.2) is 0 Å². The van der Waals surface area contributed by atoms with Gasteiger partial charge < -0.3 is 0 Å². The maximum Gasteiger partial charge on any atom is 0.0380 e. The minimum atomic E-state index is -0.0799. The van der Waals surface area contributed by atoms with Crippen molar-refractivity contribution in [3.63, 3.8) is 0 Å². The lowest BCUT2D eigenvalue weighted by atomic mass is 9.92. The third-order valence-corrected chi connectivity index (χ3v) is 1.77. The lowest BCUT2D eigenvalue weighted by molar-refractivity contribution is 0.369. The third-order valence-electron chi connectivity index (χ3n) is 1.77. The Hall–Kier alpha value is -0.0800. The zero-order valence-electron chi connectivity index (χ0n) is 4.98. The van der Waals surface area contributed by atoms with Crippen LogP contribution >= 0.6 is 0 Å². The lowest BCUT2D eigenvalue weighted by Crippen LogP contribution is -2.31. The van der Waals surface area contributed by atoms with Crippen LogP contribution in [0.2, 0.25) is 0 Å². The molecule has 0 bridgehead atoms. The smallest absolute Gasteiger partial charge is 0.0380 e. The van der Waals surface area contributed by atoms with Crippen LogP contribution in [0, 0.1) is 0 Å². The topological polar surface area (TPSA) is 47.6 Å². The molecule has 0 aliphatic heterocycles. The Balaban J connectivity index is 2.28. The van der Waals surface area contributed by atoms with E-state index >= 15 is 0 Å². The molecule has 46 valence electrons. The molecule has 0 saturated heterocycles. The summed E-state index contributed by atoms with van der Waals surface area (Å²) in [6, 6.07) is -0.160. The summed E-state index contributed by atoms with van der Waals surface area (Å²) in [5.41, 5.74) is 14.6. The summed E-state index contributed by atoms with van der Waals surface area (Å²) in [4.78, 5) is 0. The molecule has 1 rings (SSSR count). The van der Waals surface area contributed by atoms with Crippen LogP contribution in [0.5, 0.6) is 0 Å². The van der Waals surface area contributed by atoms with Gasteiger partial charge in [-0.1, -0.05) is 12.8 Å². The summed E-state index contributed by atoms with van der Waals surface area (Å²) in [5, 5.41) is 0. The Morgan fingerprint density at radius 3 is 1.50 bits per heavy atom. The third kappa shape index (κ3) is 1.20. The van der Waals surface area contributed by atoms with Crippen LogP contribution in [-0.4, -0.2) is 12.1 Å². The van der Waals surface area contributed by atoms with E-state index in [1.54, 1.807) is 0 Å². The van der Waals surface area contributed by atoms with E-state index in [4.69, 9.17) is 11.5 Å². The van der Waals surface area contributed by atoms with E-state index < -0.39 is 0 Å². The van der Waals surface area contributed by atoms with Crippen LogP contribution in [0.25, 0.3) is 0 Å². The van der Waals surface area contributed by atoms with Crippen LogP contribution < -0.4 is 11.5 Å². The van der Waals surface area contributed by atoms with Gasteiger partial charge in [0, 0.05) is 12.1 Å². The molecule has 1 saturated carbocycles. The Kier molecular flexibility index (Phi) is 1.86. The van der Waals surface area contributed by atoms with Gasteiger partial charge in [-0.2, -0.15) is 0 Å². The van der Waals surface area contributed by atoms with Gasteiger partial charge in [0.05, 0.1) is 0 Å². The van der Waals surface area contributed by atoms with Crippen molar-refractivity contribution >= 4 is 0 Å². The largest absolute Gasteiger partial charge is 0.253 e.